The number of hydrogen-bond acceptors (Lipinski definition) is 3. The molecule has 1 aliphatic rings. The average Bonchev–Trinajstić information content (AvgIpc) is 2.63. The van der Waals surface area contributed by atoms with Crippen LogP contribution in [0.4, 0.5) is 0 Å². The van der Waals surface area contributed by atoms with Gasteiger partial charge in [-0.1, -0.05) is 30.3 Å². The molecule has 2 aromatic carbocycles. The molecular formula is C20H24N2O2. The molecule has 1 saturated heterocycles. The lowest BCUT2D eigenvalue weighted by Crippen LogP contribution is -2.45. The van der Waals surface area contributed by atoms with Crippen molar-refractivity contribution in [3.63, 3.8) is 0 Å². The fourth-order valence-electron chi connectivity index (χ4n) is 3.31. The van der Waals surface area contributed by atoms with Crippen molar-refractivity contribution in [3.8, 4) is 5.75 Å². The molecule has 126 valence electrons. The molecular weight excluding hydrogens is 300 g/mol. The van der Waals surface area contributed by atoms with E-state index in [1.165, 1.54) is 5.56 Å². The Kier molecular flexibility index (Phi) is 5.49. The van der Waals surface area contributed by atoms with Crippen LogP contribution in [0.5, 0.6) is 5.75 Å². The van der Waals surface area contributed by atoms with Crippen LogP contribution >= 0.6 is 0 Å². The van der Waals surface area contributed by atoms with E-state index in [4.69, 9.17) is 0 Å². The highest BCUT2D eigenvalue weighted by atomic mass is 16.3. The summed E-state index contributed by atoms with van der Waals surface area (Å²) in [5.74, 6) is 0.577. The molecule has 3 rings (SSSR count). The van der Waals surface area contributed by atoms with E-state index >= 15 is 0 Å². The fraction of sp³-hybridized carbons (Fsp3) is 0.350. The van der Waals surface area contributed by atoms with E-state index in [1.807, 2.05) is 18.2 Å². The number of hydrogen-bond donors (Lipinski definition) is 3. The Hall–Kier alpha value is -2.33. The van der Waals surface area contributed by atoms with Crippen LogP contribution in [0.1, 0.15) is 28.8 Å². The van der Waals surface area contributed by atoms with Crippen molar-refractivity contribution in [1.82, 2.24) is 10.6 Å². The van der Waals surface area contributed by atoms with Crippen molar-refractivity contribution in [2.24, 2.45) is 5.92 Å². The van der Waals surface area contributed by atoms with Crippen LogP contribution in [0.2, 0.25) is 0 Å². The second-order valence-corrected chi connectivity index (χ2v) is 6.40. The first-order valence-electron chi connectivity index (χ1n) is 8.57. The third-order valence-corrected chi connectivity index (χ3v) is 4.70. The monoisotopic (exact) mass is 324 g/mol. The zero-order valence-corrected chi connectivity index (χ0v) is 13.7. The Bertz CT molecular complexity index is 649. The minimum atomic E-state index is -0.0746. The van der Waals surface area contributed by atoms with E-state index in [0.717, 1.165) is 32.4 Å². The summed E-state index contributed by atoms with van der Waals surface area (Å²) in [6.07, 6.45) is 3.00. The van der Waals surface area contributed by atoms with E-state index < -0.39 is 0 Å². The molecule has 0 bridgehead atoms. The second-order valence-electron chi connectivity index (χ2n) is 6.40. The summed E-state index contributed by atoms with van der Waals surface area (Å²) in [6.45, 7) is 2.01. The summed E-state index contributed by atoms with van der Waals surface area (Å²) in [5, 5.41) is 16.0. The molecule has 1 aliphatic heterocycles. The maximum Gasteiger partial charge on any atom is 0.251 e. The van der Waals surface area contributed by atoms with Crippen LogP contribution in [0.3, 0.4) is 0 Å². The summed E-state index contributed by atoms with van der Waals surface area (Å²) >= 11 is 0. The summed E-state index contributed by atoms with van der Waals surface area (Å²) in [4.78, 5) is 12.6. The minimum absolute atomic E-state index is 0.0746. The standard InChI is InChI=1S/C20H24N2O2/c23-18-8-6-17(7-9-18)20(24)22-19(16-10-12-21-13-11-16)14-15-4-2-1-3-5-15/h1-9,16,19,21,23H,10-14H2,(H,22,24). The third kappa shape index (κ3) is 4.36. The zero-order chi connectivity index (χ0) is 16.8. The Morgan fingerprint density at radius 2 is 1.75 bits per heavy atom. The number of phenolic OH excluding ortho intramolecular Hbond substituents is 1. The molecule has 1 unspecified atom stereocenters. The van der Waals surface area contributed by atoms with Crippen LogP contribution in [-0.2, 0) is 6.42 Å². The van der Waals surface area contributed by atoms with Crippen molar-refractivity contribution in [2.45, 2.75) is 25.3 Å². The van der Waals surface area contributed by atoms with Crippen molar-refractivity contribution in [2.75, 3.05) is 13.1 Å². The van der Waals surface area contributed by atoms with E-state index in [-0.39, 0.29) is 17.7 Å². The topological polar surface area (TPSA) is 61.4 Å². The van der Waals surface area contributed by atoms with Crippen LogP contribution < -0.4 is 10.6 Å². The van der Waals surface area contributed by atoms with Crippen molar-refractivity contribution in [3.05, 3.63) is 65.7 Å². The molecule has 1 heterocycles. The van der Waals surface area contributed by atoms with Gasteiger partial charge in [-0.2, -0.15) is 0 Å². The number of piperidine rings is 1. The molecule has 4 nitrogen and oxygen atoms in total. The quantitative estimate of drug-likeness (QED) is 0.792. The molecule has 0 aliphatic carbocycles. The molecule has 3 N–H and O–H groups in total. The SMILES string of the molecule is O=C(NC(Cc1ccccc1)C1CCNCC1)c1ccc(O)cc1. The Morgan fingerprint density at radius 1 is 1.08 bits per heavy atom. The average molecular weight is 324 g/mol. The molecule has 24 heavy (non-hydrogen) atoms. The number of carbonyl (C=O) groups is 1. The van der Waals surface area contributed by atoms with Crippen LogP contribution in [0, 0.1) is 5.92 Å². The van der Waals surface area contributed by atoms with Gasteiger partial charge in [0.25, 0.3) is 5.91 Å². The van der Waals surface area contributed by atoms with Gasteiger partial charge in [-0.05, 0) is 68.1 Å². The normalized spacial score (nSPS) is 16.5. The highest BCUT2D eigenvalue weighted by Gasteiger charge is 2.25. The number of carbonyl (C=O) groups excluding carboxylic acids is 1. The first kappa shape index (κ1) is 16.5. The van der Waals surface area contributed by atoms with E-state index in [2.05, 4.69) is 22.8 Å². The Balaban J connectivity index is 1.73. The molecule has 1 fully saturated rings. The van der Waals surface area contributed by atoms with Crippen molar-refractivity contribution < 1.29 is 9.90 Å². The number of rotatable bonds is 5. The zero-order valence-electron chi connectivity index (χ0n) is 13.7. The Morgan fingerprint density at radius 3 is 2.42 bits per heavy atom. The van der Waals surface area contributed by atoms with Crippen molar-refractivity contribution >= 4 is 5.91 Å². The second kappa shape index (κ2) is 7.97. The summed E-state index contributed by atoms with van der Waals surface area (Å²) in [7, 11) is 0. The number of nitrogens with one attached hydrogen (secondary N) is 2. The maximum absolute atomic E-state index is 12.6. The van der Waals surface area contributed by atoms with Gasteiger partial charge < -0.3 is 15.7 Å². The number of phenols is 1. The highest BCUT2D eigenvalue weighted by molar-refractivity contribution is 5.94. The van der Waals surface area contributed by atoms with Crippen LogP contribution in [0.25, 0.3) is 0 Å². The molecule has 0 aromatic heterocycles. The first-order valence-corrected chi connectivity index (χ1v) is 8.57. The smallest absolute Gasteiger partial charge is 0.251 e. The largest absolute Gasteiger partial charge is 0.508 e. The molecule has 0 saturated carbocycles. The molecule has 2 aromatic rings. The molecule has 0 radical (unpaired) electrons. The lowest BCUT2D eigenvalue weighted by molar-refractivity contribution is 0.0914. The van der Waals surface area contributed by atoms with Crippen LogP contribution in [-0.4, -0.2) is 30.1 Å². The van der Waals surface area contributed by atoms with Gasteiger partial charge in [-0.25, -0.2) is 0 Å². The van der Waals surface area contributed by atoms with Gasteiger partial charge in [-0.15, -0.1) is 0 Å². The highest BCUT2D eigenvalue weighted by Crippen LogP contribution is 2.20. The molecule has 0 spiro atoms. The lowest BCUT2D eigenvalue weighted by Gasteiger charge is -2.31. The van der Waals surface area contributed by atoms with E-state index in [9.17, 15) is 9.90 Å². The van der Waals surface area contributed by atoms with Gasteiger partial charge in [-0.3, -0.25) is 4.79 Å². The number of benzene rings is 2. The third-order valence-electron chi connectivity index (χ3n) is 4.70. The lowest BCUT2D eigenvalue weighted by atomic mass is 9.86. The number of aromatic hydroxyl groups is 1. The maximum atomic E-state index is 12.6. The molecule has 1 amide bonds. The van der Waals surface area contributed by atoms with Crippen LogP contribution in [0.15, 0.2) is 54.6 Å². The van der Waals surface area contributed by atoms with Gasteiger partial charge in [0.05, 0.1) is 0 Å². The minimum Gasteiger partial charge on any atom is -0.508 e. The van der Waals surface area contributed by atoms with Gasteiger partial charge in [0.1, 0.15) is 5.75 Å². The van der Waals surface area contributed by atoms with Gasteiger partial charge in [0.15, 0.2) is 0 Å². The fourth-order valence-corrected chi connectivity index (χ4v) is 3.31. The number of amides is 1. The Labute approximate surface area is 142 Å². The summed E-state index contributed by atoms with van der Waals surface area (Å²) < 4.78 is 0. The van der Waals surface area contributed by atoms with E-state index in [0.29, 0.717) is 11.5 Å². The van der Waals surface area contributed by atoms with Crippen molar-refractivity contribution in [1.29, 1.82) is 0 Å². The predicted molar refractivity (Wildman–Crippen MR) is 95.1 cm³/mol. The first-order chi connectivity index (χ1) is 11.7. The van der Waals surface area contributed by atoms with E-state index in [1.54, 1.807) is 24.3 Å². The summed E-state index contributed by atoms with van der Waals surface area (Å²) in [5.41, 5.74) is 1.83. The van der Waals surface area contributed by atoms with Gasteiger partial charge >= 0.3 is 0 Å². The predicted octanol–water partition coefficient (Wildman–Crippen LogP) is 2.73. The van der Waals surface area contributed by atoms with Gasteiger partial charge in [0.2, 0.25) is 0 Å². The van der Waals surface area contributed by atoms with Gasteiger partial charge in [0, 0.05) is 11.6 Å². The molecule has 1 atom stereocenters. The summed E-state index contributed by atoms with van der Waals surface area (Å²) in [6, 6.07) is 16.8. The molecule has 4 heteroatoms.